The quantitative estimate of drug-likeness (QED) is 0.854. The summed E-state index contributed by atoms with van der Waals surface area (Å²) in [5, 5.41) is 6.69. The van der Waals surface area contributed by atoms with Crippen LogP contribution in [0.3, 0.4) is 0 Å². The minimum absolute atomic E-state index is 0. The Morgan fingerprint density at radius 3 is 2.57 bits per heavy atom. The molecular weight excluding hydrogens is 288 g/mol. The van der Waals surface area contributed by atoms with Crippen LogP contribution < -0.4 is 5.73 Å². The highest BCUT2D eigenvalue weighted by Gasteiger charge is 2.18. The topological polar surface area (TPSA) is 75.0 Å². The molecule has 1 aromatic heterocycles. The van der Waals surface area contributed by atoms with Crippen molar-refractivity contribution in [3.05, 3.63) is 53.3 Å². The van der Waals surface area contributed by atoms with E-state index in [-0.39, 0.29) is 18.3 Å². The number of benzene rings is 1. The second-order valence-corrected chi connectivity index (χ2v) is 4.73. The Kier molecular flexibility index (Phi) is 6.91. The molecule has 2 rings (SSSR count). The summed E-state index contributed by atoms with van der Waals surface area (Å²) in [4.78, 5) is 14.2. The lowest BCUT2D eigenvalue weighted by Crippen LogP contribution is -2.37. The standard InChI is InChI=1S/C15H20N4O.ClH/c1-12-14(11-17-18-12)15(20)19(10-8-16)9-7-13-5-3-2-4-6-13;/h2-6,11H,7-10,16H2,1H3,(H,17,18);1H. The van der Waals surface area contributed by atoms with Gasteiger partial charge in [-0.3, -0.25) is 9.89 Å². The van der Waals surface area contributed by atoms with Gasteiger partial charge in [0.1, 0.15) is 0 Å². The average Bonchev–Trinajstić information content (AvgIpc) is 2.90. The number of halogens is 1. The van der Waals surface area contributed by atoms with E-state index in [1.54, 1.807) is 11.1 Å². The number of nitrogens with zero attached hydrogens (tertiary/aromatic N) is 2. The summed E-state index contributed by atoms with van der Waals surface area (Å²) in [7, 11) is 0. The maximum absolute atomic E-state index is 12.4. The predicted molar refractivity (Wildman–Crippen MR) is 85.7 cm³/mol. The highest BCUT2D eigenvalue weighted by atomic mass is 35.5. The molecule has 1 aromatic carbocycles. The minimum atomic E-state index is -0.0161. The number of hydrogen-bond acceptors (Lipinski definition) is 3. The average molecular weight is 309 g/mol. The van der Waals surface area contributed by atoms with Gasteiger partial charge in [0.05, 0.1) is 11.8 Å². The van der Waals surface area contributed by atoms with Gasteiger partial charge in [0.15, 0.2) is 0 Å². The maximum Gasteiger partial charge on any atom is 0.257 e. The number of aromatic amines is 1. The molecule has 0 atom stereocenters. The number of hydrogen-bond donors (Lipinski definition) is 2. The van der Waals surface area contributed by atoms with Gasteiger partial charge >= 0.3 is 0 Å². The Morgan fingerprint density at radius 1 is 1.29 bits per heavy atom. The Balaban J connectivity index is 0.00000220. The molecule has 1 amide bonds. The molecular formula is C15H21ClN4O. The number of H-pyrrole nitrogens is 1. The first-order valence-corrected chi connectivity index (χ1v) is 6.75. The first kappa shape index (κ1) is 17.2. The van der Waals surface area contributed by atoms with Crippen LogP contribution in [0, 0.1) is 6.92 Å². The summed E-state index contributed by atoms with van der Waals surface area (Å²) in [5.74, 6) is -0.0161. The van der Waals surface area contributed by atoms with E-state index in [1.807, 2.05) is 25.1 Å². The SMILES string of the molecule is Cc1[nH]ncc1C(=O)N(CCN)CCc1ccccc1.Cl. The molecule has 0 bridgehead atoms. The third kappa shape index (κ3) is 4.58. The van der Waals surface area contributed by atoms with Crippen LogP contribution in [0.1, 0.15) is 21.6 Å². The fourth-order valence-corrected chi connectivity index (χ4v) is 2.12. The van der Waals surface area contributed by atoms with Gasteiger partial charge in [-0.2, -0.15) is 5.10 Å². The van der Waals surface area contributed by atoms with Crippen LogP contribution in [0.5, 0.6) is 0 Å². The first-order chi connectivity index (χ1) is 9.72. The van der Waals surface area contributed by atoms with Crippen molar-refractivity contribution in [2.75, 3.05) is 19.6 Å². The van der Waals surface area contributed by atoms with E-state index < -0.39 is 0 Å². The van der Waals surface area contributed by atoms with E-state index in [0.29, 0.717) is 25.2 Å². The molecule has 3 N–H and O–H groups in total. The van der Waals surface area contributed by atoms with Crippen LogP contribution >= 0.6 is 12.4 Å². The lowest BCUT2D eigenvalue weighted by atomic mass is 10.1. The Morgan fingerprint density at radius 2 is 2.00 bits per heavy atom. The van der Waals surface area contributed by atoms with Gasteiger partial charge in [-0.1, -0.05) is 30.3 Å². The molecule has 6 heteroatoms. The molecule has 0 spiro atoms. The van der Waals surface area contributed by atoms with Gasteiger partial charge in [0.25, 0.3) is 5.91 Å². The zero-order chi connectivity index (χ0) is 14.4. The molecule has 21 heavy (non-hydrogen) atoms. The lowest BCUT2D eigenvalue weighted by Gasteiger charge is -2.21. The summed E-state index contributed by atoms with van der Waals surface area (Å²) in [6, 6.07) is 10.1. The number of nitrogens with two attached hydrogens (primary N) is 1. The summed E-state index contributed by atoms with van der Waals surface area (Å²) in [5.41, 5.74) is 8.23. The lowest BCUT2D eigenvalue weighted by molar-refractivity contribution is 0.0761. The number of aryl methyl sites for hydroxylation is 1. The number of nitrogens with one attached hydrogen (secondary N) is 1. The molecule has 0 unspecified atom stereocenters. The summed E-state index contributed by atoms with van der Waals surface area (Å²) < 4.78 is 0. The molecule has 0 fully saturated rings. The Hall–Kier alpha value is -1.85. The van der Waals surface area contributed by atoms with Crippen molar-refractivity contribution in [1.29, 1.82) is 0 Å². The third-order valence-electron chi connectivity index (χ3n) is 3.26. The molecule has 0 saturated heterocycles. The normalized spacial score (nSPS) is 10.0. The summed E-state index contributed by atoms with van der Waals surface area (Å²) in [6.45, 7) is 3.51. The number of aromatic nitrogens is 2. The van der Waals surface area contributed by atoms with Gasteiger partial charge in [-0.15, -0.1) is 12.4 Å². The number of carbonyl (C=O) groups is 1. The van der Waals surface area contributed by atoms with Crippen molar-refractivity contribution >= 4 is 18.3 Å². The van der Waals surface area contributed by atoms with Crippen LogP contribution in [0.2, 0.25) is 0 Å². The van der Waals surface area contributed by atoms with Gasteiger partial charge in [-0.05, 0) is 18.9 Å². The number of amides is 1. The Bertz CT molecular complexity index is 556. The van der Waals surface area contributed by atoms with E-state index in [0.717, 1.165) is 12.1 Å². The van der Waals surface area contributed by atoms with Crippen molar-refractivity contribution in [3.8, 4) is 0 Å². The van der Waals surface area contributed by atoms with Crippen LogP contribution in [-0.4, -0.2) is 40.6 Å². The highest BCUT2D eigenvalue weighted by Crippen LogP contribution is 2.09. The van der Waals surface area contributed by atoms with E-state index in [9.17, 15) is 4.79 Å². The van der Waals surface area contributed by atoms with Crippen LogP contribution in [0.15, 0.2) is 36.5 Å². The zero-order valence-electron chi connectivity index (χ0n) is 12.1. The molecule has 0 aliphatic heterocycles. The van der Waals surface area contributed by atoms with Gasteiger partial charge in [0, 0.05) is 25.3 Å². The molecule has 2 aromatic rings. The molecule has 0 aliphatic rings. The fourth-order valence-electron chi connectivity index (χ4n) is 2.12. The fraction of sp³-hybridized carbons (Fsp3) is 0.333. The van der Waals surface area contributed by atoms with Crippen molar-refractivity contribution in [2.24, 2.45) is 5.73 Å². The van der Waals surface area contributed by atoms with E-state index >= 15 is 0 Å². The van der Waals surface area contributed by atoms with Crippen molar-refractivity contribution in [1.82, 2.24) is 15.1 Å². The monoisotopic (exact) mass is 308 g/mol. The van der Waals surface area contributed by atoms with Crippen LogP contribution in [0.4, 0.5) is 0 Å². The molecule has 0 aliphatic carbocycles. The molecule has 0 saturated carbocycles. The predicted octanol–water partition coefficient (Wildman–Crippen LogP) is 1.78. The van der Waals surface area contributed by atoms with E-state index in [1.165, 1.54) is 5.56 Å². The first-order valence-electron chi connectivity index (χ1n) is 6.75. The summed E-state index contributed by atoms with van der Waals surface area (Å²) >= 11 is 0. The van der Waals surface area contributed by atoms with Gasteiger partial charge < -0.3 is 10.6 Å². The second kappa shape index (κ2) is 8.44. The highest BCUT2D eigenvalue weighted by molar-refractivity contribution is 5.95. The second-order valence-electron chi connectivity index (χ2n) is 4.73. The van der Waals surface area contributed by atoms with Gasteiger partial charge in [0.2, 0.25) is 0 Å². The zero-order valence-corrected chi connectivity index (χ0v) is 12.9. The molecule has 114 valence electrons. The van der Waals surface area contributed by atoms with E-state index in [4.69, 9.17) is 5.73 Å². The number of carbonyl (C=O) groups excluding carboxylic acids is 1. The smallest absolute Gasteiger partial charge is 0.257 e. The van der Waals surface area contributed by atoms with Crippen molar-refractivity contribution in [2.45, 2.75) is 13.3 Å². The molecule has 0 radical (unpaired) electrons. The minimum Gasteiger partial charge on any atom is -0.337 e. The third-order valence-corrected chi connectivity index (χ3v) is 3.26. The van der Waals surface area contributed by atoms with Crippen LogP contribution in [-0.2, 0) is 6.42 Å². The molecule has 1 heterocycles. The largest absolute Gasteiger partial charge is 0.337 e. The summed E-state index contributed by atoms with van der Waals surface area (Å²) in [6.07, 6.45) is 2.40. The van der Waals surface area contributed by atoms with Crippen LogP contribution in [0.25, 0.3) is 0 Å². The maximum atomic E-state index is 12.4. The van der Waals surface area contributed by atoms with Crippen molar-refractivity contribution < 1.29 is 4.79 Å². The van der Waals surface area contributed by atoms with Gasteiger partial charge in [-0.25, -0.2) is 0 Å². The number of rotatable bonds is 6. The van der Waals surface area contributed by atoms with E-state index in [2.05, 4.69) is 22.3 Å². The van der Waals surface area contributed by atoms with Crippen molar-refractivity contribution in [3.63, 3.8) is 0 Å². The molecule has 5 nitrogen and oxygen atoms in total. The Labute approximate surface area is 130 Å².